The zero-order valence-corrected chi connectivity index (χ0v) is 12.4. The molecule has 0 spiro atoms. The number of aliphatic carboxylic acids is 1. The second-order valence-corrected chi connectivity index (χ2v) is 6.15. The first-order valence-electron chi connectivity index (χ1n) is 6.89. The van der Waals surface area contributed by atoms with Crippen molar-refractivity contribution in [3.05, 3.63) is 29.5 Å². The van der Waals surface area contributed by atoms with Gasteiger partial charge in [-0.2, -0.15) is 0 Å². The first kappa shape index (κ1) is 14.6. The third-order valence-corrected chi connectivity index (χ3v) is 4.38. The molecule has 1 fully saturated rings. The summed E-state index contributed by atoms with van der Waals surface area (Å²) in [6.07, 6.45) is 6.56. The molecule has 1 aliphatic rings. The first-order valence-corrected chi connectivity index (χ1v) is 7.71. The van der Waals surface area contributed by atoms with Crippen LogP contribution < -0.4 is 5.32 Å². The van der Waals surface area contributed by atoms with Crippen LogP contribution in [0.4, 0.5) is 0 Å². The van der Waals surface area contributed by atoms with E-state index in [9.17, 15) is 9.59 Å². The maximum absolute atomic E-state index is 12.2. The molecule has 0 aromatic carbocycles. The van der Waals surface area contributed by atoms with Crippen LogP contribution in [0, 0.1) is 5.92 Å². The van der Waals surface area contributed by atoms with Gasteiger partial charge in [-0.1, -0.05) is 0 Å². The van der Waals surface area contributed by atoms with Crippen molar-refractivity contribution in [3.63, 3.8) is 0 Å². The molecule has 0 bridgehead atoms. The zero-order chi connectivity index (χ0) is 15.5. The molecule has 8 heteroatoms. The largest absolute Gasteiger partial charge is 0.481 e. The lowest BCUT2D eigenvalue weighted by Gasteiger charge is -2.15. The highest BCUT2D eigenvalue weighted by atomic mass is 32.1. The number of rotatable bonds is 6. The topological polar surface area (TPSA) is 105 Å². The monoisotopic (exact) mass is 318 g/mol. The van der Waals surface area contributed by atoms with E-state index in [4.69, 9.17) is 5.11 Å². The van der Waals surface area contributed by atoms with Crippen LogP contribution in [-0.2, 0) is 4.79 Å². The fourth-order valence-electron chi connectivity index (χ4n) is 2.15. The molecular weight excluding hydrogens is 304 g/mol. The summed E-state index contributed by atoms with van der Waals surface area (Å²) in [6.45, 7) is 0. The molecule has 1 saturated carbocycles. The zero-order valence-electron chi connectivity index (χ0n) is 11.6. The van der Waals surface area contributed by atoms with Gasteiger partial charge in [0.05, 0.1) is 12.6 Å². The lowest BCUT2D eigenvalue weighted by molar-refractivity contribution is -0.137. The summed E-state index contributed by atoms with van der Waals surface area (Å²) in [5.41, 5.74) is 0. The molecule has 2 heterocycles. The van der Waals surface area contributed by atoms with E-state index in [0.29, 0.717) is 15.7 Å². The lowest BCUT2D eigenvalue weighted by Crippen LogP contribution is -2.37. The van der Waals surface area contributed by atoms with E-state index in [0.717, 1.165) is 12.8 Å². The van der Waals surface area contributed by atoms with Crippen molar-refractivity contribution in [1.82, 2.24) is 20.3 Å². The number of hydrogen-bond donors (Lipinski definition) is 2. The van der Waals surface area contributed by atoms with E-state index in [1.165, 1.54) is 17.5 Å². The van der Waals surface area contributed by atoms with E-state index >= 15 is 0 Å². The molecule has 1 atom stereocenters. The summed E-state index contributed by atoms with van der Waals surface area (Å²) in [7, 11) is 0. The standard InChI is InChI=1S/C14H14N4O3S/c19-11(20)6-9(8-2-3-8)18-13(21)10-7-17-14(22-10)12-15-4-1-5-16-12/h1,4-5,7-9H,2-3,6H2,(H,18,21)(H,19,20)/t9-/m0/s1. The Hall–Kier alpha value is -2.35. The third kappa shape index (κ3) is 3.45. The molecule has 0 radical (unpaired) electrons. The number of nitrogens with zero attached hydrogens (tertiary/aromatic N) is 3. The van der Waals surface area contributed by atoms with Gasteiger partial charge in [0.15, 0.2) is 10.8 Å². The van der Waals surface area contributed by atoms with Crippen LogP contribution in [0.15, 0.2) is 24.7 Å². The highest BCUT2D eigenvalue weighted by molar-refractivity contribution is 7.16. The summed E-state index contributed by atoms with van der Waals surface area (Å²) in [4.78, 5) is 35.9. The van der Waals surface area contributed by atoms with Crippen molar-refractivity contribution in [3.8, 4) is 10.8 Å². The van der Waals surface area contributed by atoms with E-state index < -0.39 is 5.97 Å². The fourth-order valence-corrected chi connectivity index (χ4v) is 2.92. The summed E-state index contributed by atoms with van der Waals surface area (Å²) >= 11 is 1.19. The number of carbonyl (C=O) groups is 2. The molecule has 3 rings (SSSR count). The maximum atomic E-state index is 12.2. The summed E-state index contributed by atoms with van der Waals surface area (Å²) < 4.78 is 0. The Morgan fingerprint density at radius 3 is 2.68 bits per heavy atom. The van der Waals surface area contributed by atoms with Crippen LogP contribution in [0.25, 0.3) is 10.8 Å². The van der Waals surface area contributed by atoms with Crippen LogP contribution in [0.3, 0.4) is 0 Å². The molecule has 1 aliphatic carbocycles. The Morgan fingerprint density at radius 1 is 1.32 bits per heavy atom. The Kier molecular flexibility index (Phi) is 4.10. The molecule has 0 unspecified atom stereocenters. The fraction of sp³-hybridized carbons (Fsp3) is 0.357. The van der Waals surface area contributed by atoms with E-state index in [2.05, 4.69) is 20.3 Å². The lowest BCUT2D eigenvalue weighted by atomic mass is 10.1. The number of carbonyl (C=O) groups excluding carboxylic acids is 1. The van der Waals surface area contributed by atoms with Crippen molar-refractivity contribution in [2.45, 2.75) is 25.3 Å². The maximum Gasteiger partial charge on any atom is 0.305 e. The molecule has 1 amide bonds. The first-order chi connectivity index (χ1) is 10.6. The smallest absolute Gasteiger partial charge is 0.305 e. The molecule has 0 saturated heterocycles. The molecule has 2 N–H and O–H groups in total. The number of carboxylic acids is 1. The van der Waals surface area contributed by atoms with Crippen molar-refractivity contribution in [1.29, 1.82) is 0 Å². The van der Waals surface area contributed by atoms with Crippen LogP contribution in [-0.4, -0.2) is 38.0 Å². The van der Waals surface area contributed by atoms with Gasteiger partial charge in [-0.3, -0.25) is 9.59 Å². The molecule has 114 valence electrons. The Bertz CT molecular complexity index is 684. The van der Waals surface area contributed by atoms with Gasteiger partial charge in [0.2, 0.25) is 0 Å². The number of thiazole rings is 1. The minimum atomic E-state index is -0.903. The highest BCUT2D eigenvalue weighted by Crippen LogP contribution is 2.34. The minimum absolute atomic E-state index is 0.0517. The van der Waals surface area contributed by atoms with Gasteiger partial charge in [0.25, 0.3) is 5.91 Å². The number of carboxylic acid groups (broad SMARTS) is 1. The number of aromatic nitrogens is 3. The van der Waals surface area contributed by atoms with Gasteiger partial charge in [-0.05, 0) is 24.8 Å². The molecule has 0 aliphatic heterocycles. The van der Waals surface area contributed by atoms with E-state index in [1.54, 1.807) is 18.5 Å². The Balaban J connectivity index is 1.70. The number of hydrogen-bond acceptors (Lipinski definition) is 6. The van der Waals surface area contributed by atoms with Crippen molar-refractivity contribution in [2.24, 2.45) is 5.92 Å². The van der Waals surface area contributed by atoms with Crippen LogP contribution >= 0.6 is 11.3 Å². The minimum Gasteiger partial charge on any atom is -0.481 e. The normalized spacial score (nSPS) is 15.3. The van der Waals surface area contributed by atoms with Crippen molar-refractivity contribution in [2.75, 3.05) is 0 Å². The Labute approximate surface area is 130 Å². The number of amides is 1. The quantitative estimate of drug-likeness (QED) is 0.838. The highest BCUT2D eigenvalue weighted by Gasteiger charge is 2.34. The molecule has 2 aromatic rings. The van der Waals surface area contributed by atoms with Crippen molar-refractivity contribution < 1.29 is 14.7 Å². The van der Waals surface area contributed by atoms with Crippen LogP contribution in [0.5, 0.6) is 0 Å². The van der Waals surface area contributed by atoms with Crippen molar-refractivity contribution >= 4 is 23.2 Å². The van der Waals surface area contributed by atoms with Gasteiger partial charge >= 0.3 is 5.97 Å². The summed E-state index contributed by atoms with van der Waals surface area (Å²) in [6, 6.07) is 1.39. The second-order valence-electron chi connectivity index (χ2n) is 5.12. The van der Waals surface area contributed by atoms with Gasteiger partial charge in [0, 0.05) is 18.4 Å². The molecule has 7 nitrogen and oxygen atoms in total. The Morgan fingerprint density at radius 2 is 2.05 bits per heavy atom. The average molecular weight is 318 g/mol. The van der Waals surface area contributed by atoms with Crippen LogP contribution in [0.2, 0.25) is 0 Å². The van der Waals surface area contributed by atoms with E-state index in [1.807, 2.05) is 0 Å². The molecule has 2 aromatic heterocycles. The second kappa shape index (κ2) is 6.18. The van der Waals surface area contributed by atoms with Gasteiger partial charge in [-0.15, -0.1) is 11.3 Å². The predicted molar refractivity (Wildman–Crippen MR) is 79.4 cm³/mol. The average Bonchev–Trinajstić information content (AvgIpc) is 3.23. The molecule has 22 heavy (non-hydrogen) atoms. The summed E-state index contributed by atoms with van der Waals surface area (Å²) in [5, 5.41) is 12.3. The van der Waals surface area contributed by atoms with E-state index in [-0.39, 0.29) is 24.3 Å². The summed E-state index contributed by atoms with van der Waals surface area (Å²) in [5.74, 6) is -0.460. The molecular formula is C14H14N4O3S. The third-order valence-electron chi connectivity index (χ3n) is 3.39. The number of nitrogens with one attached hydrogen (secondary N) is 1. The van der Waals surface area contributed by atoms with Gasteiger partial charge in [0.1, 0.15) is 4.88 Å². The predicted octanol–water partition coefficient (Wildman–Crippen LogP) is 1.58. The SMILES string of the molecule is O=C(O)C[C@H](NC(=O)c1cnc(-c2ncccn2)s1)C1CC1. The van der Waals surface area contributed by atoms with Gasteiger partial charge < -0.3 is 10.4 Å². The van der Waals surface area contributed by atoms with Gasteiger partial charge in [-0.25, -0.2) is 15.0 Å². The van der Waals surface area contributed by atoms with Crippen LogP contribution in [0.1, 0.15) is 28.9 Å².